The molecule has 1 aliphatic heterocycles. The molecule has 0 bridgehead atoms. The zero-order chi connectivity index (χ0) is 37.1. The number of carbonyl (C=O) groups excluding carboxylic acids is 5. The average Bonchev–Trinajstić information content (AvgIpc) is 3.81. The second-order valence-corrected chi connectivity index (χ2v) is 14.9. The Morgan fingerprint density at radius 2 is 1.78 bits per heavy atom. The monoisotopic (exact) mass is 728 g/mol. The topological polar surface area (TPSA) is 154 Å². The summed E-state index contributed by atoms with van der Waals surface area (Å²) in [5.74, 6) is -0.700. The molecule has 1 N–H and O–H groups in total. The van der Waals surface area contributed by atoms with E-state index in [9.17, 15) is 24.0 Å². The van der Waals surface area contributed by atoms with Crippen molar-refractivity contribution in [2.75, 3.05) is 40.5 Å². The Labute approximate surface area is 304 Å². The number of hydrogen-bond acceptors (Lipinski definition) is 11. The number of ketones is 1. The maximum atomic E-state index is 14.3. The summed E-state index contributed by atoms with van der Waals surface area (Å²) in [4.78, 5) is 73.0. The Bertz CT molecular complexity index is 1520. The normalized spacial score (nSPS) is 17.7. The zero-order valence-corrected chi connectivity index (χ0v) is 31.4. The van der Waals surface area contributed by atoms with Gasteiger partial charge < -0.3 is 29.2 Å². The van der Waals surface area contributed by atoms with Gasteiger partial charge in [-0.3, -0.25) is 24.1 Å². The van der Waals surface area contributed by atoms with Crippen molar-refractivity contribution in [1.82, 2.24) is 20.1 Å². The van der Waals surface area contributed by atoms with Crippen molar-refractivity contribution in [3.05, 3.63) is 45.9 Å². The second kappa shape index (κ2) is 18.5. The number of likely N-dealkylation sites (N-methyl/N-ethyl adjacent to an activating group) is 1. The Balaban J connectivity index is 1.42. The molecule has 2 heterocycles. The Morgan fingerprint density at radius 1 is 1.04 bits per heavy atom. The first-order valence-corrected chi connectivity index (χ1v) is 18.6. The Morgan fingerprint density at radius 3 is 2.49 bits per heavy atom. The number of esters is 1. The van der Waals surface area contributed by atoms with Gasteiger partial charge in [0.05, 0.1) is 32.8 Å². The summed E-state index contributed by atoms with van der Waals surface area (Å²) in [7, 11) is 2.84. The van der Waals surface area contributed by atoms with Crippen LogP contribution in [0.5, 0.6) is 5.75 Å². The molecule has 1 saturated carbocycles. The van der Waals surface area contributed by atoms with Gasteiger partial charge in [-0.05, 0) is 71.4 Å². The SMILES string of the molecule is COC(=O)CCOCCOc1cccc(C(=O)c2csc(C3CCCN3C(=O)[C@@H](NC(=O)[C@H](C)N(C)C(=O)OC(C)(C)C)C3CCCCC3)n2)c1. The van der Waals surface area contributed by atoms with Crippen LogP contribution in [0.2, 0.25) is 0 Å². The van der Waals surface area contributed by atoms with Gasteiger partial charge in [0, 0.05) is 24.5 Å². The highest BCUT2D eigenvalue weighted by atomic mass is 32.1. The average molecular weight is 729 g/mol. The molecule has 2 aliphatic rings. The third-order valence-electron chi connectivity index (χ3n) is 9.17. The molecule has 4 rings (SSSR count). The minimum Gasteiger partial charge on any atom is -0.491 e. The number of rotatable bonds is 15. The first-order chi connectivity index (χ1) is 24.3. The molecule has 1 saturated heterocycles. The van der Waals surface area contributed by atoms with Gasteiger partial charge in [0.1, 0.15) is 40.7 Å². The molecule has 3 atom stereocenters. The molecule has 1 unspecified atom stereocenters. The van der Waals surface area contributed by atoms with Crippen LogP contribution in [0.4, 0.5) is 4.79 Å². The van der Waals surface area contributed by atoms with Gasteiger partial charge in [0.15, 0.2) is 0 Å². The van der Waals surface area contributed by atoms with Crippen molar-refractivity contribution in [3.63, 3.8) is 0 Å². The van der Waals surface area contributed by atoms with Gasteiger partial charge in [-0.2, -0.15) is 0 Å². The molecule has 1 aromatic heterocycles. The minimum atomic E-state index is -0.851. The van der Waals surface area contributed by atoms with E-state index in [1.54, 1.807) is 62.2 Å². The second-order valence-electron chi connectivity index (χ2n) is 14.1. The largest absolute Gasteiger partial charge is 0.491 e. The molecule has 2 fully saturated rings. The van der Waals surface area contributed by atoms with Gasteiger partial charge in [0.25, 0.3) is 0 Å². The van der Waals surface area contributed by atoms with E-state index in [4.69, 9.17) is 19.2 Å². The molecule has 51 heavy (non-hydrogen) atoms. The number of hydrogen-bond donors (Lipinski definition) is 1. The third kappa shape index (κ3) is 11.2. The lowest BCUT2D eigenvalue weighted by Gasteiger charge is -2.36. The van der Waals surface area contributed by atoms with Crippen LogP contribution >= 0.6 is 11.3 Å². The number of nitrogens with one attached hydrogen (secondary N) is 1. The van der Waals surface area contributed by atoms with E-state index in [1.807, 2.05) is 0 Å². The summed E-state index contributed by atoms with van der Waals surface area (Å²) in [6, 6.07) is 4.92. The highest BCUT2D eigenvalue weighted by molar-refractivity contribution is 7.10. The smallest absolute Gasteiger partial charge is 0.410 e. The fraction of sp³-hybridized carbons (Fsp3) is 0.622. The number of aromatic nitrogens is 1. The molecule has 2 aromatic rings. The number of thiazole rings is 1. The number of ether oxygens (including phenoxy) is 4. The molecule has 1 aliphatic carbocycles. The third-order valence-corrected chi connectivity index (χ3v) is 10.1. The van der Waals surface area contributed by atoms with Gasteiger partial charge >= 0.3 is 12.1 Å². The first kappa shape index (κ1) is 39.7. The Kier molecular flexibility index (Phi) is 14.4. The van der Waals surface area contributed by atoms with E-state index in [0.717, 1.165) is 38.5 Å². The van der Waals surface area contributed by atoms with Crippen LogP contribution in [0.25, 0.3) is 0 Å². The van der Waals surface area contributed by atoms with Crippen LogP contribution in [0.1, 0.15) is 106 Å². The molecule has 1 aromatic carbocycles. The van der Waals surface area contributed by atoms with Crippen molar-refractivity contribution in [1.29, 1.82) is 0 Å². The lowest BCUT2D eigenvalue weighted by Crippen LogP contribution is -2.56. The molecular weight excluding hydrogens is 676 g/mol. The van der Waals surface area contributed by atoms with E-state index >= 15 is 0 Å². The van der Waals surface area contributed by atoms with Gasteiger partial charge in [-0.25, -0.2) is 9.78 Å². The highest BCUT2D eigenvalue weighted by Crippen LogP contribution is 2.37. The van der Waals surface area contributed by atoms with Gasteiger partial charge in [-0.15, -0.1) is 11.3 Å². The number of benzene rings is 1. The number of amides is 3. The van der Waals surface area contributed by atoms with Crippen LogP contribution in [-0.4, -0.2) is 103 Å². The van der Waals surface area contributed by atoms with E-state index in [0.29, 0.717) is 29.3 Å². The van der Waals surface area contributed by atoms with Crippen molar-refractivity contribution in [2.24, 2.45) is 5.92 Å². The Hall–Kier alpha value is -4.04. The van der Waals surface area contributed by atoms with Crippen LogP contribution in [0, 0.1) is 5.92 Å². The number of nitrogens with zero attached hydrogens (tertiary/aromatic N) is 3. The lowest BCUT2D eigenvalue weighted by molar-refractivity contribution is -0.142. The highest BCUT2D eigenvalue weighted by Gasteiger charge is 2.41. The minimum absolute atomic E-state index is 0.0233. The van der Waals surface area contributed by atoms with Gasteiger partial charge in [-0.1, -0.05) is 31.4 Å². The predicted octanol–water partition coefficient (Wildman–Crippen LogP) is 5.32. The fourth-order valence-electron chi connectivity index (χ4n) is 6.25. The molecule has 14 heteroatoms. The number of methoxy groups -OCH3 is 1. The maximum absolute atomic E-state index is 14.3. The van der Waals surface area contributed by atoms with Crippen LogP contribution in [-0.2, 0) is 28.6 Å². The van der Waals surface area contributed by atoms with Gasteiger partial charge in [0.2, 0.25) is 17.6 Å². The molecular formula is C37H52N4O9S. The van der Waals surface area contributed by atoms with E-state index in [1.165, 1.54) is 30.4 Å². The lowest BCUT2D eigenvalue weighted by atomic mass is 9.83. The van der Waals surface area contributed by atoms with E-state index in [2.05, 4.69) is 10.1 Å². The summed E-state index contributed by atoms with van der Waals surface area (Å²) in [6.07, 6.45) is 5.72. The molecule has 280 valence electrons. The van der Waals surface area contributed by atoms with Crippen molar-refractivity contribution in [3.8, 4) is 5.75 Å². The summed E-state index contributed by atoms with van der Waals surface area (Å²) in [5, 5.41) is 5.42. The van der Waals surface area contributed by atoms with Crippen LogP contribution in [0.3, 0.4) is 0 Å². The quantitative estimate of drug-likeness (QED) is 0.145. The standard InChI is InChI=1S/C37H52N4O9S/c1-24(40(5)36(46)50-37(2,3)4)33(44)39-31(25-12-8-7-9-13-25)35(45)41-18-11-16-29(41)34-38-28(23-51-34)32(43)26-14-10-15-27(22-26)49-21-20-48-19-17-30(42)47-6/h10,14-15,22-25,29,31H,7-9,11-13,16-21H2,1-6H3,(H,39,44)/t24-,29?,31-/m0/s1. The summed E-state index contributed by atoms with van der Waals surface area (Å²) >= 11 is 1.35. The summed E-state index contributed by atoms with van der Waals surface area (Å²) in [6.45, 7) is 8.18. The summed E-state index contributed by atoms with van der Waals surface area (Å²) < 4.78 is 21.2. The van der Waals surface area contributed by atoms with Crippen LogP contribution in [0.15, 0.2) is 29.6 Å². The fourth-order valence-corrected chi connectivity index (χ4v) is 7.20. The predicted molar refractivity (Wildman–Crippen MR) is 191 cm³/mol. The number of carbonyl (C=O) groups is 5. The van der Waals surface area contributed by atoms with Crippen molar-refractivity contribution in [2.45, 2.75) is 103 Å². The zero-order valence-electron chi connectivity index (χ0n) is 30.6. The first-order valence-electron chi connectivity index (χ1n) is 17.7. The maximum Gasteiger partial charge on any atom is 0.410 e. The molecule has 3 amide bonds. The molecule has 13 nitrogen and oxygen atoms in total. The van der Waals surface area contributed by atoms with Crippen molar-refractivity contribution >= 4 is 41.0 Å². The number of likely N-dealkylation sites (tertiary alicyclic amines) is 1. The van der Waals surface area contributed by atoms with Crippen molar-refractivity contribution < 1.29 is 42.9 Å². The van der Waals surface area contributed by atoms with E-state index in [-0.39, 0.29) is 61.6 Å². The molecule has 0 radical (unpaired) electrons. The van der Waals surface area contributed by atoms with E-state index < -0.39 is 29.7 Å². The molecule has 0 spiro atoms. The van der Waals surface area contributed by atoms with Crippen LogP contribution < -0.4 is 10.1 Å². The summed E-state index contributed by atoms with van der Waals surface area (Å²) in [5.41, 5.74) is -0.00836.